The quantitative estimate of drug-likeness (QED) is 0.664. The molecule has 0 aromatic heterocycles. The van der Waals surface area contributed by atoms with Crippen LogP contribution in [0.3, 0.4) is 0 Å². The SMILES string of the molecule is CC(=O)C1=C(C)NC(SCC(=O)c2ccc(F)cc2)=C(C#N)[C@@H]1c1cccc(C)c1. The number of halogens is 1. The van der Waals surface area contributed by atoms with E-state index in [9.17, 15) is 19.2 Å². The van der Waals surface area contributed by atoms with Gasteiger partial charge in [0.2, 0.25) is 0 Å². The Hall–Kier alpha value is -3.17. The van der Waals surface area contributed by atoms with Crippen LogP contribution in [0.15, 0.2) is 70.4 Å². The Morgan fingerprint density at radius 1 is 1.17 bits per heavy atom. The van der Waals surface area contributed by atoms with Crippen LogP contribution in [0.25, 0.3) is 0 Å². The van der Waals surface area contributed by atoms with Crippen LogP contribution in [0.4, 0.5) is 4.39 Å². The van der Waals surface area contributed by atoms with Crippen LogP contribution >= 0.6 is 11.8 Å². The van der Waals surface area contributed by atoms with Gasteiger partial charge in [-0.05, 0) is 50.6 Å². The molecule has 2 aromatic rings. The van der Waals surface area contributed by atoms with Crippen molar-refractivity contribution in [1.82, 2.24) is 5.32 Å². The molecule has 0 saturated carbocycles. The van der Waals surface area contributed by atoms with Crippen molar-refractivity contribution in [1.29, 1.82) is 5.26 Å². The van der Waals surface area contributed by atoms with Gasteiger partial charge in [-0.2, -0.15) is 5.26 Å². The highest BCUT2D eigenvalue weighted by Crippen LogP contribution is 2.41. The lowest BCUT2D eigenvalue weighted by Gasteiger charge is -2.29. The van der Waals surface area contributed by atoms with Gasteiger partial charge in [-0.3, -0.25) is 9.59 Å². The zero-order valence-electron chi connectivity index (χ0n) is 17.0. The Bertz CT molecular complexity index is 1110. The maximum Gasteiger partial charge on any atom is 0.173 e. The maximum absolute atomic E-state index is 13.1. The first-order chi connectivity index (χ1) is 14.3. The van der Waals surface area contributed by atoms with Crippen LogP contribution in [0, 0.1) is 24.1 Å². The molecule has 0 amide bonds. The number of hydrogen-bond donors (Lipinski definition) is 1. The summed E-state index contributed by atoms with van der Waals surface area (Å²) in [5, 5.41) is 13.6. The maximum atomic E-state index is 13.1. The number of rotatable bonds is 6. The van der Waals surface area contributed by atoms with Gasteiger partial charge < -0.3 is 5.32 Å². The van der Waals surface area contributed by atoms with Crippen molar-refractivity contribution < 1.29 is 14.0 Å². The van der Waals surface area contributed by atoms with Crippen molar-refractivity contribution in [3.63, 3.8) is 0 Å². The highest BCUT2D eigenvalue weighted by Gasteiger charge is 2.33. The van der Waals surface area contributed by atoms with Gasteiger partial charge in [0.25, 0.3) is 0 Å². The highest BCUT2D eigenvalue weighted by molar-refractivity contribution is 8.03. The van der Waals surface area contributed by atoms with Crippen LogP contribution in [0.1, 0.15) is 41.3 Å². The molecule has 4 nitrogen and oxygen atoms in total. The molecule has 3 rings (SSSR count). The van der Waals surface area contributed by atoms with Gasteiger partial charge in [-0.25, -0.2) is 4.39 Å². The summed E-state index contributed by atoms with van der Waals surface area (Å²) in [4.78, 5) is 24.9. The van der Waals surface area contributed by atoms with E-state index in [0.717, 1.165) is 11.1 Å². The Morgan fingerprint density at radius 2 is 1.87 bits per heavy atom. The molecule has 0 spiro atoms. The molecule has 152 valence electrons. The number of nitrogens with one attached hydrogen (secondary N) is 1. The summed E-state index contributed by atoms with van der Waals surface area (Å²) in [6.07, 6.45) is 0. The minimum atomic E-state index is -0.489. The van der Waals surface area contributed by atoms with E-state index >= 15 is 0 Å². The summed E-state index contributed by atoms with van der Waals surface area (Å²) in [6.45, 7) is 5.26. The number of dihydropyridines is 1. The first-order valence-electron chi connectivity index (χ1n) is 9.43. The fourth-order valence-electron chi connectivity index (χ4n) is 3.53. The van der Waals surface area contributed by atoms with Gasteiger partial charge in [0.15, 0.2) is 11.6 Å². The van der Waals surface area contributed by atoms with E-state index in [4.69, 9.17) is 0 Å². The van der Waals surface area contributed by atoms with Crippen LogP contribution in [-0.4, -0.2) is 17.3 Å². The molecule has 30 heavy (non-hydrogen) atoms. The third-order valence-electron chi connectivity index (χ3n) is 4.92. The smallest absolute Gasteiger partial charge is 0.173 e. The van der Waals surface area contributed by atoms with Gasteiger partial charge in [0.05, 0.1) is 28.3 Å². The topological polar surface area (TPSA) is 70.0 Å². The summed E-state index contributed by atoms with van der Waals surface area (Å²) in [5.74, 6) is -1.08. The standard InChI is InChI=1S/C24H21FN2O2S/c1-14-5-4-6-18(11-14)23-20(12-26)24(27-15(2)22(23)16(3)28)30-13-21(29)17-7-9-19(25)10-8-17/h4-11,23,27H,13H2,1-3H3/t23-/m0/s1. The lowest BCUT2D eigenvalue weighted by Crippen LogP contribution is -2.27. The summed E-state index contributed by atoms with van der Waals surface area (Å²) < 4.78 is 13.1. The van der Waals surface area contributed by atoms with Crippen LogP contribution in [0.2, 0.25) is 0 Å². The second kappa shape index (κ2) is 9.10. The van der Waals surface area contributed by atoms with E-state index in [1.807, 2.05) is 31.2 Å². The van der Waals surface area contributed by atoms with Crippen LogP contribution < -0.4 is 5.32 Å². The Balaban J connectivity index is 1.95. The molecule has 1 atom stereocenters. The van der Waals surface area contributed by atoms with E-state index in [-0.39, 0.29) is 17.3 Å². The van der Waals surface area contributed by atoms with E-state index in [2.05, 4.69) is 11.4 Å². The van der Waals surface area contributed by atoms with Crippen molar-refractivity contribution >= 4 is 23.3 Å². The number of ketones is 2. The number of allylic oxidation sites excluding steroid dienone is 3. The zero-order valence-corrected chi connectivity index (χ0v) is 17.8. The number of carbonyl (C=O) groups excluding carboxylic acids is 2. The lowest BCUT2D eigenvalue weighted by molar-refractivity contribution is -0.113. The van der Waals surface area contributed by atoms with E-state index in [0.29, 0.717) is 27.4 Å². The Morgan fingerprint density at radius 3 is 2.47 bits per heavy atom. The molecule has 1 aliphatic heterocycles. The average molecular weight is 421 g/mol. The first-order valence-corrected chi connectivity index (χ1v) is 10.4. The molecular weight excluding hydrogens is 399 g/mol. The number of aryl methyl sites for hydroxylation is 1. The second-order valence-corrected chi connectivity index (χ2v) is 8.13. The summed E-state index contributed by atoms with van der Waals surface area (Å²) in [6, 6.07) is 15.4. The second-order valence-electron chi connectivity index (χ2n) is 7.14. The number of hydrogen-bond acceptors (Lipinski definition) is 5. The fourth-order valence-corrected chi connectivity index (χ4v) is 4.52. The highest BCUT2D eigenvalue weighted by atomic mass is 32.2. The molecule has 1 heterocycles. The number of nitriles is 1. The van der Waals surface area contributed by atoms with Gasteiger partial charge in [-0.15, -0.1) is 0 Å². The summed E-state index contributed by atoms with van der Waals surface area (Å²) in [5.41, 5.74) is 3.93. The fraction of sp³-hybridized carbons (Fsp3) is 0.208. The number of carbonyl (C=O) groups is 2. The van der Waals surface area contributed by atoms with Gasteiger partial charge in [0, 0.05) is 16.8 Å². The number of Topliss-reactive ketones (excluding diaryl/α,β-unsaturated/α-hetero) is 2. The Labute approximate surface area is 179 Å². The lowest BCUT2D eigenvalue weighted by atomic mass is 9.80. The van der Waals surface area contributed by atoms with Gasteiger partial charge in [0.1, 0.15) is 5.82 Å². The molecule has 6 heteroatoms. The van der Waals surface area contributed by atoms with Crippen molar-refractivity contribution in [3.8, 4) is 6.07 Å². The van der Waals surface area contributed by atoms with E-state index in [1.54, 1.807) is 6.92 Å². The number of nitrogens with zero attached hydrogens (tertiary/aromatic N) is 1. The molecule has 0 bridgehead atoms. The largest absolute Gasteiger partial charge is 0.353 e. The van der Waals surface area contributed by atoms with Crippen molar-refractivity contribution in [2.24, 2.45) is 0 Å². The number of thioether (sulfide) groups is 1. The summed E-state index contributed by atoms with van der Waals surface area (Å²) in [7, 11) is 0. The predicted molar refractivity (Wildman–Crippen MR) is 116 cm³/mol. The molecule has 1 aliphatic rings. The van der Waals surface area contributed by atoms with E-state index in [1.165, 1.54) is 43.0 Å². The minimum Gasteiger partial charge on any atom is -0.353 e. The average Bonchev–Trinajstić information content (AvgIpc) is 2.71. The number of benzene rings is 2. The molecule has 0 radical (unpaired) electrons. The monoisotopic (exact) mass is 420 g/mol. The van der Waals surface area contributed by atoms with Crippen LogP contribution in [-0.2, 0) is 4.79 Å². The van der Waals surface area contributed by atoms with Crippen molar-refractivity contribution in [2.75, 3.05) is 5.75 Å². The minimum absolute atomic E-state index is 0.0857. The third-order valence-corrected chi connectivity index (χ3v) is 5.93. The predicted octanol–water partition coefficient (Wildman–Crippen LogP) is 5.04. The molecule has 0 aliphatic carbocycles. The van der Waals surface area contributed by atoms with Crippen LogP contribution in [0.5, 0.6) is 0 Å². The first kappa shape index (κ1) is 21.5. The summed E-state index contributed by atoms with van der Waals surface area (Å²) >= 11 is 1.21. The normalized spacial score (nSPS) is 16.2. The zero-order chi connectivity index (χ0) is 21.8. The van der Waals surface area contributed by atoms with Crippen molar-refractivity contribution in [2.45, 2.75) is 26.7 Å². The molecule has 1 N–H and O–H groups in total. The third kappa shape index (κ3) is 4.52. The van der Waals surface area contributed by atoms with Gasteiger partial charge >= 0.3 is 0 Å². The Kier molecular flexibility index (Phi) is 6.53. The molecule has 2 aromatic carbocycles. The van der Waals surface area contributed by atoms with Gasteiger partial charge in [-0.1, -0.05) is 41.6 Å². The molecule has 0 saturated heterocycles. The molecule has 0 unspecified atom stereocenters. The molecular formula is C24H21FN2O2S. The molecule has 0 fully saturated rings. The van der Waals surface area contributed by atoms with E-state index < -0.39 is 11.7 Å². The van der Waals surface area contributed by atoms with Crippen molar-refractivity contribution in [3.05, 3.63) is 92.9 Å².